The minimum absolute atomic E-state index is 0.111. The Bertz CT molecular complexity index is 1230. The van der Waals surface area contributed by atoms with Gasteiger partial charge in [0.2, 0.25) is 15.9 Å². The van der Waals surface area contributed by atoms with Crippen LogP contribution in [0.15, 0.2) is 47.4 Å². The van der Waals surface area contributed by atoms with E-state index in [9.17, 15) is 22.8 Å². The molecule has 0 aromatic heterocycles. The lowest BCUT2D eigenvalue weighted by Crippen LogP contribution is -2.49. The Morgan fingerprint density at radius 3 is 2.31 bits per heavy atom. The fourth-order valence-corrected chi connectivity index (χ4v) is 5.84. The van der Waals surface area contributed by atoms with Crippen LogP contribution in [0.5, 0.6) is 5.75 Å². The number of imide groups is 1. The summed E-state index contributed by atoms with van der Waals surface area (Å²) in [4.78, 5) is 37.9. The monoisotopic (exact) mass is 544 g/mol. The quantitative estimate of drug-likeness (QED) is 0.204. The van der Waals surface area contributed by atoms with Crippen LogP contribution in [0.1, 0.15) is 13.3 Å². The number of carbonyl (C=O) groups is 3. The summed E-state index contributed by atoms with van der Waals surface area (Å²) < 4.78 is 43.4. The number of benzene rings is 2. The molecule has 0 radical (unpaired) electrons. The van der Waals surface area contributed by atoms with Crippen molar-refractivity contribution in [1.29, 1.82) is 0 Å². The molecule has 1 fully saturated rings. The third kappa shape index (κ3) is 5.83. The van der Waals surface area contributed by atoms with Crippen molar-refractivity contribution in [2.24, 2.45) is 0 Å². The first-order chi connectivity index (χ1) is 16.5. The Kier molecular flexibility index (Phi) is 8.52. The van der Waals surface area contributed by atoms with Gasteiger partial charge in [-0.15, -0.1) is 0 Å². The van der Waals surface area contributed by atoms with Crippen molar-refractivity contribution in [2.45, 2.75) is 30.6 Å². The second kappa shape index (κ2) is 11.0. The molecule has 1 aliphatic heterocycles. The number of hydrogen-bond acceptors (Lipinski definition) is 8. The van der Waals surface area contributed by atoms with Gasteiger partial charge in [-0.3, -0.25) is 14.4 Å². The predicted octanol–water partition coefficient (Wildman–Crippen LogP) is 2.86. The largest absolute Gasteiger partial charge is 0.427 e. The first-order valence-electron chi connectivity index (χ1n) is 10.2. The molecular formula is C22H22Cl2N2O8S. The maximum Gasteiger partial charge on any atom is 0.308 e. The van der Waals surface area contributed by atoms with Gasteiger partial charge >= 0.3 is 5.97 Å². The van der Waals surface area contributed by atoms with Gasteiger partial charge in [-0.2, -0.15) is 4.31 Å². The Morgan fingerprint density at radius 1 is 1.11 bits per heavy atom. The Hall–Kier alpha value is -2.54. The number of rotatable bonds is 9. The van der Waals surface area contributed by atoms with E-state index in [1.807, 2.05) is 0 Å². The molecule has 2 aromatic rings. The van der Waals surface area contributed by atoms with E-state index < -0.39 is 53.1 Å². The number of carbonyl (C=O) groups excluding carboxylic acids is 3. The number of amides is 2. The molecule has 188 valence electrons. The zero-order chi connectivity index (χ0) is 25.9. The molecule has 13 heteroatoms. The lowest BCUT2D eigenvalue weighted by atomic mass is 10.2. The normalized spacial score (nSPS) is 16.4. The lowest BCUT2D eigenvalue weighted by Gasteiger charge is -2.29. The zero-order valence-electron chi connectivity index (χ0n) is 18.9. The summed E-state index contributed by atoms with van der Waals surface area (Å²) in [6, 6.07) is 8.15. The summed E-state index contributed by atoms with van der Waals surface area (Å²) in [5.41, 5.74) is 0.187. The van der Waals surface area contributed by atoms with Gasteiger partial charge in [0.1, 0.15) is 16.7 Å². The molecule has 0 aliphatic carbocycles. The molecule has 35 heavy (non-hydrogen) atoms. The Balaban J connectivity index is 2.01. The second-order valence-electron chi connectivity index (χ2n) is 7.43. The van der Waals surface area contributed by atoms with Gasteiger partial charge in [-0.25, -0.2) is 13.3 Å². The number of anilines is 1. The van der Waals surface area contributed by atoms with Crippen LogP contribution < -0.4 is 9.64 Å². The van der Waals surface area contributed by atoms with Crippen molar-refractivity contribution in [3.8, 4) is 5.75 Å². The molecule has 0 saturated carbocycles. The third-order valence-corrected chi connectivity index (χ3v) is 7.75. The van der Waals surface area contributed by atoms with Gasteiger partial charge in [0.05, 0.1) is 23.7 Å². The second-order valence-corrected chi connectivity index (χ2v) is 10.1. The van der Waals surface area contributed by atoms with Crippen molar-refractivity contribution in [2.75, 3.05) is 25.7 Å². The van der Waals surface area contributed by atoms with Gasteiger partial charge in [0, 0.05) is 26.2 Å². The van der Waals surface area contributed by atoms with Crippen molar-refractivity contribution in [3.63, 3.8) is 0 Å². The van der Waals surface area contributed by atoms with E-state index in [0.717, 1.165) is 15.3 Å². The highest BCUT2D eigenvalue weighted by atomic mass is 35.5. The minimum atomic E-state index is -4.44. The average molecular weight is 545 g/mol. The molecule has 2 aromatic carbocycles. The van der Waals surface area contributed by atoms with E-state index in [4.69, 9.17) is 37.4 Å². The van der Waals surface area contributed by atoms with E-state index in [2.05, 4.69) is 0 Å². The van der Waals surface area contributed by atoms with E-state index in [1.54, 1.807) is 0 Å². The van der Waals surface area contributed by atoms with Gasteiger partial charge in [0.25, 0.3) is 5.91 Å². The number of halogens is 2. The van der Waals surface area contributed by atoms with Crippen LogP contribution in [0.25, 0.3) is 0 Å². The van der Waals surface area contributed by atoms with Gasteiger partial charge in [-0.05, 0) is 42.5 Å². The van der Waals surface area contributed by atoms with Crippen LogP contribution >= 0.6 is 23.2 Å². The molecule has 1 heterocycles. The molecule has 3 rings (SSSR count). The Morgan fingerprint density at radius 2 is 1.74 bits per heavy atom. The van der Waals surface area contributed by atoms with E-state index >= 15 is 0 Å². The number of hydrogen-bond donors (Lipinski definition) is 0. The fraction of sp³-hybridized carbons (Fsp3) is 0.318. The highest BCUT2D eigenvalue weighted by Gasteiger charge is 2.48. The fourth-order valence-electron chi connectivity index (χ4n) is 3.53. The van der Waals surface area contributed by atoms with Crippen LogP contribution in [0.4, 0.5) is 5.69 Å². The first-order valence-corrected chi connectivity index (χ1v) is 12.4. The predicted molar refractivity (Wildman–Crippen MR) is 127 cm³/mol. The maximum atomic E-state index is 13.6. The van der Waals surface area contributed by atoms with Crippen molar-refractivity contribution in [3.05, 3.63) is 52.5 Å². The van der Waals surface area contributed by atoms with Crippen LogP contribution in [0.3, 0.4) is 0 Å². The molecular weight excluding hydrogens is 523 g/mol. The third-order valence-electron chi connectivity index (χ3n) is 5.16. The molecule has 0 spiro atoms. The summed E-state index contributed by atoms with van der Waals surface area (Å²) in [5, 5.41) is 0.00625. The molecule has 1 atom stereocenters. The summed E-state index contributed by atoms with van der Waals surface area (Å²) >= 11 is 12.1. The Labute approximate surface area is 212 Å². The van der Waals surface area contributed by atoms with Gasteiger partial charge in [0.15, 0.2) is 6.29 Å². The summed E-state index contributed by atoms with van der Waals surface area (Å²) in [6.45, 7) is 0.835. The first kappa shape index (κ1) is 27.1. The van der Waals surface area contributed by atoms with Gasteiger partial charge in [-0.1, -0.05) is 23.2 Å². The standard InChI is InChI=1S/C22H22Cl2N2O8S/c1-13(27)34-16-7-5-15(6-8-16)26-20(28)11-18(22(26)29)25(12-21(32-2)33-3)35(30,31)19-10-14(23)4-9-17(19)24/h4-10,18,21H,11-12H2,1-3H3. The molecule has 10 nitrogen and oxygen atoms in total. The van der Waals surface area contributed by atoms with E-state index in [0.29, 0.717) is 0 Å². The van der Waals surface area contributed by atoms with Crippen LogP contribution in [-0.4, -0.2) is 63.6 Å². The molecule has 1 unspecified atom stereocenters. The minimum Gasteiger partial charge on any atom is -0.427 e. The van der Waals surface area contributed by atoms with Crippen LogP contribution in [-0.2, 0) is 33.9 Å². The average Bonchev–Trinajstić information content (AvgIpc) is 3.09. The van der Waals surface area contributed by atoms with Gasteiger partial charge < -0.3 is 14.2 Å². The number of ether oxygens (including phenoxy) is 3. The number of esters is 1. The maximum absolute atomic E-state index is 13.6. The zero-order valence-corrected chi connectivity index (χ0v) is 21.3. The molecule has 0 bridgehead atoms. The van der Waals surface area contributed by atoms with Crippen molar-refractivity contribution in [1.82, 2.24) is 4.31 Å². The highest BCUT2D eigenvalue weighted by Crippen LogP contribution is 2.33. The highest BCUT2D eigenvalue weighted by molar-refractivity contribution is 7.89. The number of nitrogens with zero attached hydrogens (tertiary/aromatic N) is 2. The molecule has 2 amide bonds. The topological polar surface area (TPSA) is 120 Å². The summed E-state index contributed by atoms with van der Waals surface area (Å²) in [5.74, 6) is -1.70. The van der Waals surface area contributed by atoms with Crippen LogP contribution in [0, 0.1) is 0 Å². The van der Waals surface area contributed by atoms with Crippen molar-refractivity contribution < 1.29 is 37.0 Å². The summed E-state index contributed by atoms with van der Waals surface area (Å²) in [7, 11) is -1.82. The SMILES string of the molecule is COC(CN(C1CC(=O)N(c2ccc(OC(C)=O)cc2)C1=O)S(=O)(=O)c1cc(Cl)ccc1Cl)OC. The van der Waals surface area contributed by atoms with E-state index in [1.165, 1.54) is 57.5 Å². The van der Waals surface area contributed by atoms with Crippen LogP contribution in [0.2, 0.25) is 10.0 Å². The van der Waals surface area contributed by atoms with E-state index in [-0.39, 0.29) is 26.4 Å². The molecule has 1 aliphatic rings. The smallest absolute Gasteiger partial charge is 0.308 e. The lowest BCUT2D eigenvalue weighted by molar-refractivity contribution is -0.132. The summed E-state index contributed by atoms with van der Waals surface area (Å²) in [6.07, 6.45) is -1.47. The molecule has 1 saturated heterocycles. The molecule has 0 N–H and O–H groups in total. The number of sulfonamides is 1. The number of methoxy groups -OCH3 is 2. The van der Waals surface area contributed by atoms with Crippen molar-refractivity contribution >= 4 is 56.7 Å².